The van der Waals surface area contributed by atoms with Gasteiger partial charge in [0.15, 0.2) is 0 Å². The molecule has 0 spiro atoms. The third kappa shape index (κ3) is 3.90. The molecule has 146 valence electrons. The van der Waals surface area contributed by atoms with E-state index in [1.165, 1.54) is 11.3 Å². The summed E-state index contributed by atoms with van der Waals surface area (Å²) in [6.07, 6.45) is 6.00. The lowest BCUT2D eigenvalue weighted by Crippen LogP contribution is -2.28. The number of nitrogens with zero attached hydrogens (tertiary/aromatic N) is 3. The summed E-state index contributed by atoms with van der Waals surface area (Å²) < 4.78 is 30.3. The number of hydrogen-bond donors (Lipinski definition) is 1. The van der Waals surface area contributed by atoms with E-state index in [2.05, 4.69) is 25.6 Å². The van der Waals surface area contributed by atoms with Crippen LogP contribution in [-0.2, 0) is 29.4 Å². The normalized spacial score (nSPS) is 14.0. The molecule has 0 saturated heterocycles. The van der Waals surface area contributed by atoms with Gasteiger partial charge in [-0.05, 0) is 65.9 Å². The van der Waals surface area contributed by atoms with Crippen molar-refractivity contribution in [1.29, 1.82) is 0 Å². The predicted octanol–water partition coefficient (Wildman–Crippen LogP) is 3.56. The van der Waals surface area contributed by atoms with Crippen molar-refractivity contribution < 1.29 is 8.42 Å². The third-order valence-electron chi connectivity index (χ3n) is 4.91. The summed E-state index contributed by atoms with van der Waals surface area (Å²) in [5, 5.41) is 4.78. The standard InChI is InChI=1S/C20H21BrN4O2S/c21-16-8-2-4-11-19(16)28(26,27)23-13-14-25-18-10-3-1-7-15(18)20(24-25)17-9-5-6-12-22-17/h2,4-6,8-9,11-12,23H,1,3,7,10,13-14H2. The molecule has 3 aromatic rings. The molecule has 0 saturated carbocycles. The summed E-state index contributed by atoms with van der Waals surface area (Å²) in [6, 6.07) is 12.6. The van der Waals surface area contributed by atoms with E-state index in [9.17, 15) is 8.42 Å². The summed E-state index contributed by atoms with van der Waals surface area (Å²) in [4.78, 5) is 4.69. The Hall–Kier alpha value is -2.03. The Kier molecular flexibility index (Phi) is 5.61. The van der Waals surface area contributed by atoms with Crippen LogP contribution in [0.5, 0.6) is 0 Å². The predicted molar refractivity (Wildman–Crippen MR) is 111 cm³/mol. The second-order valence-corrected chi connectivity index (χ2v) is 9.34. The smallest absolute Gasteiger partial charge is 0.241 e. The van der Waals surface area contributed by atoms with Gasteiger partial charge in [0.25, 0.3) is 0 Å². The van der Waals surface area contributed by atoms with Gasteiger partial charge in [-0.15, -0.1) is 0 Å². The molecule has 0 aliphatic heterocycles. The molecule has 1 N–H and O–H groups in total. The van der Waals surface area contributed by atoms with Gasteiger partial charge in [-0.1, -0.05) is 18.2 Å². The average molecular weight is 461 g/mol. The van der Waals surface area contributed by atoms with E-state index in [0.29, 0.717) is 11.0 Å². The number of sulfonamides is 1. The zero-order valence-corrected chi connectivity index (χ0v) is 17.7. The Balaban J connectivity index is 1.54. The monoisotopic (exact) mass is 460 g/mol. The molecule has 0 fully saturated rings. The zero-order valence-electron chi connectivity index (χ0n) is 15.3. The van der Waals surface area contributed by atoms with Crippen molar-refractivity contribution in [2.45, 2.75) is 37.1 Å². The van der Waals surface area contributed by atoms with Gasteiger partial charge in [0.05, 0.1) is 17.1 Å². The van der Waals surface area contributed by atoms with Gasteiger partial charge >= 0.3 is 0 Å². The van der Waals surface area contributed by atoms with E-state index in [1.807, 2.05) is 22.9 Å². The Bertz CT molecular complexity index is 1080. The highest BCUT2D eigenvalue weighted by Crippen LogP contribution is 2.30. The number of rotatable bonds is 6. The van der Waals surface area contributed by atoms with Crippen LogP contribution in [0.3, 0.4) is 0 Å². The van der Waals surface area contributed by atoms with Crippen molar-refractivity contribution >= 4 is 26.0 Å². The fourth-order valence-corrected chi connectivity index (χ4v) is 5.61. The maximum Gasteiger partial charge on any atom is 0.241 e. The molecular weight excluding hydrogens is 440 g/mol. The van der Waals surface area contributed by atoms with Gasteiger partial charge < -0.3 is 0 Å². The lowest BCUT2D eigenvalue weighted by Gasteiger charge is -2.14. The number of benzene rings is 1. The molecule has 8 heteroatoms. The summed E-state index contributed by atoms with van der Waals surface area (Å²) in [7, 11) is -3.58. The van der Waals surface area contributed by atoms with E-state index >= 15 is 0 Å². The number of hydrogen-bond acceptors (Lipinski definition) is 4. The van der Waals surface area contributed by atoms with Crippen molar-refractivity contribution in [3.63, 3.8) is 0 Å². The van der Waals surface area contributed by atoms with E-state index in [-0.39, 0.29) is 11.4 Å². The second kappa shape index (κ2) is 8.14. The lowest BCUT2D eigenvalue weighted by atomic mass is 9.95. The van der Waals surface area contributed by atoms with Crippen LogP contribution in [0.25, 0.3) is 11.4 Å². The molecule has 0 atom stereocenters. The molecule has 0 unspecified atom stereocenters. The molecule has 0 bridgehead atoms. The minimum atomic E-state index is -3.58. The largest absolute Gasteiger partial charge is 0.267 e. The Morgan fingerprint density at radius 2 is 1.86 bits per heavy atom. The topological polar surface area (TPSA) is 76.9 Å². The van der Waals surface area contributed by atoms with Crippen LogP contribution in [0.4, 0.5) is 0 Å². The second-order valence-electron chi connectivity index (χ2n) is 6.75. The Labute approximate surface area is 173 Å². The Morgan fingerprint density at radius 3 is 2.64 bits per heavy atom. The van der Waals surface area contributed by atoms with Crippen LogP contribution in [0.15, 0.2) is 58.0 Å². The number of fused-ring (bicyclic) bond motifs is 1. The lowest BCUT2D eigenvalue weighted by molar-refractivity contribution is 0.538. The SMILES string of the molecule is O=S(=O)(NCCn1nc(-c2ccccn2)c2c1CCCC2)c1ccccc1Br. The van der Waals surface area contributed by atoms with Crippen LogP contribution in [-0.4, -0.2) is 29.7 Å². The first-order valence-electron chi connectivity index (χ1n) is 9.30. The number of halogens is 1. The summed E-state index contributed by atoms with van der Waals surface area (Å²) in [5.41, 5.74) is 4.24. The van der Waals surface area contributed by atoms with E-state index in [4.69, 9.17) is 5.10 Å². The first-order valence-corrected chi connectivity index (χ1v) is 11.6. The first kappa shape index (κ1) is 19.3. The fourth-order valence-electron chi connectivity index (χ4n) is 3.59. The van der Waals surface area contributed by atoms with Crippen molar-refractivity contribution in [2.75, 3.05) is 6.54 Å². The highest BCUT2D eigenvalue weighted by molar-refractivity contribution is 9.10. The van der Waals surface area contributed by atoms with Crippen molar-refractivity contribution in [3.05, 3.63) is 64.4 Å². The van der Waals surface area contributed by atoms with Crippen LogP contribution >= 0.6 is 15.9 Å². The molecule has 2 heterocycles. The van der Waals surface area contributed by atoms with Crippen LogP contribution < -0.4 is 4.72 Å². The minimum absolute atomic E-state index is 0.242. The summed E-state index contributed by atoms with van der Waals surface area (Å²) in [5.74, 6) is 0. The maximum absolute atomic E-state index is 12.6. The quantitative estimate of drug-likeness (QED) is 0.609. The molecule has 4 rings (SSSR count). The molecular formula is C20H21BrN4O2S. The van der Waals surface area contributed by atoms with Gasteiger partial charge in [-0.25, -0.2) is 13.1 Å². The van der Waals surface area contributed by atoms with Gasteiger partial charge in [-0.3, -0.25) is 9.67 Å². The molecule has 0 radical (unpaired) electrons. The van der Waals surface area contributed by atoms with Crippen molar-refractivity contribution in [1.82, 2.24) is 19.5 Å². The highest BCUT2D eigenvalue weighted by atomic mass is 79.9. The van der Waals surface area contributed by atoms with Crippen molar-refractivity contribution in [3.8, 4) is 11.4 Å². The average Bonchev–Trinajstić information content (AvgIpc) is 3.08. The molecule has 28 heavy (non-hydrogen) atoms. The molecule has 1 aliphatic rings. The summed E-state index contributed by atoms with van der Waals surface area (Å²) in [6.45, 7) is 0.762. The number of aromatic nitrogens is 3. The zero-order chi connectivity index (χ0) is 19.6. The maximum atomic E-state index is 12.6. The van der Waals surface area contributed by atoms with Crippen LogP contribution in [0, 0.1) is 0 Å². The molecule has 0 amide bonds. The fraction of sp³-hybridized carbons (Fsp3) is 0.300. The molecule has 6 nitrogen and oxygen atoms in total. The molecule has 2 aromatic heterocycles. The summed E-state index contributed by atoms with van der Waals surface area (Å²) >= 11 is 3.30. The van der Waals surface area contributed by atoms with E-state index in [0.717, 1.165) is 37.1 Å². The third-order valence-corrected chi connectivity index (χ3v) is 7.38. The van der Waals surface area contributed by atoms with Gasteiger partial charge in [-0.2, -0.15) is 5.10 Å². The highest BCUT2D eigenvalue weighted by Gasteiger charge is 2.23. The molecule has 1 aliphatic carbocycles. The van der Waals surface area contributed by atoms with Crippen LogP contribution in [0.1, 0.15) is 24.1 Å². The van der Waals surface area contributed by atoms with Crippen molar-refractivity contribution in [2.24, 2.45) is 0 Å². The van der Waals surface area contributed by atoms with Crippen LogP contribution in [0.2, 0.25) is 0 Å². The van der Waals surface area contributed by atoms with E-state index < -0.39 is 10.0 Å². The first-order chi connectivity index (χ1) is 13.6. The minimum Gasteiger partial charge on any atom is -0.267 e. The van der Waals surface area contributed by atoms with Gasteiger partial charge in [0.1, 0.15) is 5.69 Å². The Morgan fingerprint density at radius 1 is 1.07 bits per heavy atom. The van der Waals surface area contributed by atoms with E-state index in [1.54, 1.807) is 30.5 Å². The number of pyridine rings is 1. The molecule has 1 aromatic carbocycles. The van der Waals surface area contributed by atoms with Gasteiger partial charge in [0, 0.05) is 28.5 Å². The number of nitrogens with one attached hydrogen (secondary N) is 1. The van der Waals surface area contributed by atoms with Gasteiger partial charge in [0.2, 0.25) is 10.0 Å².